The van der Waals surface area contributed by atoms with Gasteiger partial charge < -0.3 is 4.74 Å². The Hall–Kier alpha value is -0.0400. The van der Waals surface area contributed by atoms with E-state index in [1.165, 1.54) is 12.8 Å². The van der Waals surface area contributed by atoms with Crippen molar-refractivity contribution in [3.8, 4) is 0 Å². The van der Waals surface area contributed by atoms with Crippen LogP contribution in [0.25, 0.3) is 0 Å². The monoisotopic (exact) mass is 111 g/mol. The van der Waals surface area contributed by atoms with E-state index in [1.54, 1.807) is 0 Å². The Labute approximate surface area is 50.0 Å². The Balaban J connectivity index is 1.89. The van der Waals surface area contributed by atoms with E-state index in [9.17, 15) is 0 Å². The first kappa shape index (κ1) is 4.80. The quantitative estimate of drug-likeness (QED) is 0.466. The maximum atomic E-state index is 5.26. The van der Waals surface area contributed by atoms with Gasteiger partial charge >= 0.3 is 0 Å². The molecule has 1 saturated heterocycles. The molecule has 8 heavy (non-hydrogen) atoms. The van der Waals surface area contributed by atoms with Crippen LogP contribution in [0.2, 0.25) is 0 Å². The van der Waals surface area contributed by atoms with Gasteiger partial charge in [0.15, 0.2) is 0 Å². The summed E-state index contributed by atoms with van der Waals surface area (Å²) in [6, 6.07) is 0. The second kappa shape index (κ2) is 1.47. The molecule has 0 aromatic rings. The van der Waals surface area contributed by atoms with E-state index in [1.807, 2.05) is 0 Å². The number of epoxide rings is 1. The summed E-state index contributed by atoms with van der Waals surface area (Å²) in [5, 5.41) is 0. The summed E-state index contributed by atoms with van der Waals surface area (Å²) in [7, 11) is 0. The average Bonchev–Trinajstić information content (AvgIpc) is 2.40. The summed E-state index contributed by atoms with van der Waals surface area (Å²) in [6.45, 7) is 3.87. The van der Waals surface area contributed by atoms with Crippen LogP contribution in [-0.4, -0.2) is 12.2 Å². The van der Waals surface area contributed by atoms with E-state index in [-0.39, 0.29) is 0 Å². The fourth-order valence-electron chi connectivity index (χ4n) is 1.58. The first-order chi connectivity index (χ1) is 3.90. The Bertz CT molecular complexity index is 90.6. The highest BCUT2D eigenvalue weighted by atomic mass is 16.6. The highest BCUT2D eigenvalue weighted by Gasteiger charge is 2.46. The summed E-state index contributed by atoms with van der Waals surface area (Å²) in [4.78, 5) is 0. The van der Waals surface area contributed by atoms with E-state index < -0.39 is 0 Å². The zero-order valence-electron chi connectivity index (χ0n) is 4.97. The van der Waals surface area contributed by atoms with Crippen LogP contribution < -0.4 is 0 Å². The van der Waals surface area contributed by atoms with Gasteiger partial charge in [0.05, 0.1) is 12.2 Å². The molecule has 0 spiro atoms. The molecule has 0 aromatic carbocycles. The summed E-state index contributed by atoms with van der Waals surface area (Å²) >= 11 is 0. The molecule has 1 aliphatic heterocycles. The molecule has 45 valence electrons. The fraction of sp³-hybridized carbons (Fsp3) is 0.857. The molecule has 2 aliphatic rings. The van der Waals surface area contributed by atoms with Gasteiger partial charge in [-0.3, -0.25) is 0 Å². The largest absolute Gasteiger partial charge is 0.370 e. The second-order valence-electron chi connectivity index (χ2n) is 2.84. The normalized spacial score (nSPS) is 51.4. The van der Waals surface area contributed by atoms with Crippen molar-refractivity contribution < 1.29 is 4.74 Å². The van der Waals surface area contributed by atoms with Gasteiger partial charge in [-0.1, -0.05) is 13.3 Å². The number of hydrogen-bond acceptors (Lipinski definition) is 1. The lowest BCUT2D eigenvalue weighted by atomic mass is 10.1. The lowest BCUT2D eigenvalue weighted by molar-refractivity contribution is 0.274. The van der Waals surface area contributed by atoms with E-state index in [2.05, 4.69) is 6.92 Å². The van der Waals surface area contributed by atoms with Crippen LogP contribution in [0.1, 0.15) is 19.3 Å². The van der Waals surface area contributed by atoms with Gasteiger partial charge in [0.25, 0.3) is 0 Å². The molecule has 2 unspecified atom stereocenters. The van der Waals surface area contributed by atoms with Crippen molar-refractivity contribution in [3.63, 3.8) is 0 Å². The highest BCUT2D eigenvalue weighted by Crippen LogP contribution is 2.43. The maximum Gasteiger partial charge on any atom is 0.0844 e. The van der Waals surface area contributed by atoms with Crippen LogP contribution in [0, 0.1) is 12.8 Å². The van der Waals surface area contributed by atoms with Crippen molar-refractivity contribution in [3.05, 3.63) is 6.92 Å². The first-order valence-corrected chi connectivity index (χ1v) is 3.35. The van der Waals surface area contributed by atoms with Crippen LogP contribution in [0.15, 0.2) is 0 Å². The minimum absolute atomic E-state index is 0.654. The van der Waals surface area contributed by atoms with Gasteiger partial charge in [-0.25, -0.2) is 0 Å². The van der Waals surface area contributed by atoms with Crippen molar-refractivity contribution in [2.24, 2.45) is 5.92 Å². The molecule has 1 saturated carbocycles. The Morgan fingerprint density at radius 3 is 2.38 bits per heavy atom. The smallest absolute Gasteiger partial charge is 0.0844 e. The lowest BCUT2D eigenvalue weighted by Crippen LogP contribution is -1.95. The number of fused-ring (bicyclic) bond motifs is 1. The van der Waals surface area contributed by atoms with E-state index in [4.69, 9.17) is 4.74 Å². The predicted octanol–water partition coefficient (Wildman–Crippen LogP) is 1.39. The average molecular weight is 111 g/mol. The molecule has 1 aliphatic carbocycles. The summed E-state index contributed by atoms with van der Waals surface area (Å²) in [5.74, 6) is 0.888. The van der Waals surface area contributed by atoms with Crippen LogP contribution in [0.3, 0.4) is 0 Å². The third kappa shape index (κ3) is 0.576. The number of rotatable bonds is 1. The summed E-state index contributed by atoms with van der Waals surface area (Å²) in [5.41, 5.74) is 0. The Morgan fingerprint density at radius 1 is 1.38 bits per heavy atom. The summed E-state index contributed by atoms with van der Waals surface area (Å²) < 4.78 is 5.26. The standard InChI is InChI=1S/C7H11O/c1-2-5-3-6-7(4-5)8-6/h5-7H,1-4H2. The maximum absolute atomic E-state index is 5.26. The zero-order chi connectivity index (χ0) is 5.56. The highest BCUT2D eigenvalue weighted by molar-refractivity contribution is 4.95. The van der Waals surface area contributed by atoms with Gasteiger partial charge in [-0.2, -0.15) is 0 Å². The van der Waals surface area contributed by atoms with Gasteiger partial charge in [0, 0.05) is 0 Å². The Kier molecular flexibility index (Phi) is 0.884. The van der Waals surface area contributed by atoms with Gasteiger partial charge in [-0.15, -0.1) is 0 Å². The number of hydrogen-bond donors (Lipinski definition) is 0. The molecular formula is C7H11O. The predicted molar refractivity (Wildman–Crippen MR) is 31.4 cm³/mol. The first-order valence-electron chi connectivity index (χ1n) is 3.35. The third-order valence-corrected chi connectivity index (χ3v) is 2.23. The molecule has 0 N–H and O–H groups in total. The Morgan fingerprint density at radius 2 is 2.00 bits per heavy atom. The van der Waals surface area contributed by atoms with Crippen molar-refractivity contribution in [2.75, 3.05) is 0 Å². The second-order valence-corrected chi connectivity index (χ2v) is 2.84. The molecule has 1 heterocycles. The van der Waals surface area contributed by atoms with Crippen molar-refractivity contribution in [1.29, 1.82) is 0 Å². The van der Waals surface area contributed by atoms with Gasteiger partial charge in [-0.05, 0) is 18.8 Å². The molecule has 2 atom stereocenters. The SMILES string of the molecule is [CH2]CC1CC2OC2C1. The lowest BCUT2D eigenvalue weighted by Gasteiger charge is -2.04. The molecule has 0 amide bonds. The molecule has 2 fully saturated rings. The van der Waals surface area contributed by atoms with E-state index in [0.29, 0.717) is 12.2 Å². The molecule has 1 heteroatoms. The zero-order valence-corrected chi connectivity index (χ0v) is 4.97. The van der Waals surface area contributed by atoms with Crippen molar-refractivity contribution in [2.45, 2.75) is 31.5 Å². The molecular weight excluding hydrogens is 100 g/mol. The van der Waals surface area contributed by atoms with Crippen LogP contribution >= 0.6 is 0 Å². The van der Waals surface area contributed by atoms with Crippen LogP contribution in [0.5, 0.6) is 0 Å². The minimum Gasteiger partial charge on any atom is -0.370 e. The summed E-state index contributed by atoms with van der Waals surface area (Å²) in [6.07, 6.45) is 4.99. The molecule has 0 aromatic heterocycles. The minimum atomic E-state index is 0.654. The van der Waals surface area contributed by atoms with E-state index in [0.717, 1.165) is 12.3 Å². The van der Waals surface area contributed by atoms with Crippen LogP contribution in [-0.2, 0) is 4.74 Å². The number of ether oxygens (including phenoxy) is 1. The fourth-order valence-corrected chi connectivity index (χ4v) is 1.58. The van der Waals surface area contributed by atoms with Crippen LogP contribution in [0.4, 0.5) is 0 Å². The molecule has 1 radical (unpaired) electrons. The van der Waals surface area contributed by atoms with Gasteiger partial charge in [0.2, 0.25) is 0 Å². The topological polar surface area (TPSA) is 12.5 Å². The van der Waals surface area contributed by atoms with Crippen molar-refractivity contribution in [1.82, 2.24) is 0 Å². The third-order valence-electron chi connectivity index (χ3n) is 2.23. The van der Waals surface area contributed by atoms with E-state index >= 15 is 0 Å². The van der Waals surface area contributed by atoms with Crippen molar-refractivity contribution >= 4 is 0 Å². The molecule has 2 rings (SSSR count). The van der Waals surface area contributed by atoms with Gasteiger partial charge in [0.1, 0.15) is 0 Å². The molecule has 0 bridgehead atoms. The molecule has 1 nitrogen and oxygen atoms in total.